The Hall–Kier alpha value is -0.781. The Balaban J connectivity index is 0.00000312. The monoisotopic (exact) mass is 394 g/mol. The number of hydrogen-bond donors (Lipinski definition) is 0. The van der Waals surface area contributed by atoms with E-state index in [1.807, 2.05) is 6.07 Å². The summed E-state index contributed by atoms with van der Waals surface area (Å²) < 4.78 is 27.6. The third-order valence-electron chi connectivity index (χ3n) is 3.86. The van der Waals surface area contributed by atoms with Crippen LogP contribution in [0.3, 0.4) is 0 Å². The molecule has 0 saturated carbocycles. The molecule has 0 aromatic heterocycles. The van der Waals surface area contributed by atoms with Crippen molar-refractivity contribution in [3.05, 3.63) is 23.3 Å². The van der Waals surface area contributed by atoms with E-state index in [2.05, 4.69) is 19.9 Å². The zero-order valence-corrected chi connectivity index (χ0v) is 16.4. The summed E-state index contributed by atoms with van der Waals surface area (Å²) in [5.41, 5.74) is 2.44. The van der Waals surface area contributed by atoms with Crippen molar-refractivity contribution in [1.29, 1.82) is 0 Å². The summed E-state index contributed by atoms with van der Waals surface area (Å²) >= 11 is 0. The van der Waals surface area contributed by atoms with Crippen molar-refractivity contribution < 1.29 is 40.8 Å². The van der Waals surface area contributed by atoms with Gasteiger partial charge in [0.05, 0.1) is 33.0 Å². The molecule has 0 radical (unpaired) electrons. The molecule has 1 heterocycles. The molecule has 0 bridgehead atoms. The zero-order valence-electron chi connectivity index (χ0n) is 15.3. The van der Waals surface area contributed by atoms with E-state index in [9.17, 15) is 0 Å². The van der Waals surface area contributed by atoms with Gasteiger partial charge in [-0.15, -0.1) is 0 Å². The number of hydrogen-bond acceptors (Lipinski definition) is 5. The van der Waals surface area contributed by atoms with Crippen molar-refractivity contribution in [3.63, 3.8) is 0 Å². The molecule has 0 unspecified atom stereocenters. The molecule has 144 valence electrons. The number of benzene rings is 1. The Morgan fingerprint density at radius 3 is 2.04 bits per heavy atom. The molecule has 1 aromatic rings. The van der Waals surface area contributed by atoms with Crippen LogP contribution in [0, 0.1) is 0 Å². The van der Waals surface area contributed by atoms with Crippen molar-refractivity contribution in [2.45, 2.75) is 46.1 Å². The molecular weight excluding hydrogens is 364 g/mol. The molecule has 1 aliphatic rings. The van der Waals surface area contributed by atoms with Crippen LogP contribution >= 0.6 is 0 Å². The van der Waals surface area contributed by atoms with Crippen molar-refractivity contribution in [1.82, 2.24) is 0 Å². The summed E-state index contributed by atoms with van der Waals surface area (Å²) in [4.78, 5) is 0. The maximum atomic E-state index is 5.75. The fourth-order valence-corrected chi connectivity index (χ4v) is 2.53. The summed E-state index contributed by atoms with van der Waals surface area (Å²) in [5.74, 6) is 1.66. The van der Waals surface area contributed by atoms with Crippen molar-refractivity contribution in [2.75, 3.05) is 39.8 Å². The first kappa shape index (κ1) is 22.3. The molecule has 0 atom stereocenters. The number of aryl methyl sites for hydroxylation is 1. The van der Waals surface area contributed by atoms with Crippen LogP contribution in [-0.4, -0.2) is 39.8 Å². The van der Waals surface area contributed by atoms with Gasteiger partial charge in [-0.3, -0.25) is 0 Å². The van der Waals surface area contributed by atoms with Crippen molar-refractivity contribution >= 4 is 0 Å². The van der Waals surface area contributed by atoms with Gasteiger partial charge in [-0.2, -0.15) is 0 Å². The summed E-state index contributed by atoms with van der Waals surface area (Å²) in [6.45, 7) is 8.47. The van der Waals surface area contributed by atoms with Crippen molar-refractivity contribution in [3.8, 4) is 11.5 Å². The standard InChI is InChI=1S/C19H30O5.Fe/c1-3-5-7-20-8-9-21-10-11-22-14-17-13-19-18(23-15-24-19)12-16(17)6-4-2;/h12-13H,3-11,14-15H2,1-2H3;. The third-order valence-corrected chi connectivity index (χ3v) is 3.86. The van der Waals surface area contributed by atoms with Gasteiger partial charge in [0.1, 0.15) is 0 Å². The second-order valence-corrected chi connectivity index (χ2v) is 5.86. The van der Waals surface area contributed by atoms with E-state index in [-0.39, 0.29) is 17.1 Å². The van der Waals surface area contributed by atoms with Crippen LogP contribution in [0.2, 0.25) is 0 Å². The molecule has 0 spiro atoms. The number of unbranched alkanes of at least 4 members (excludes halogenated alkanes) is 1. The minimum Gasteiger partial charge on any atom is -0.454 e. The minimum atomic E-state index is 0. The number of ether oxygens (including phenoxy) is 5. The van der Waals surface area contributed by atoms with Gasteiger partial charge in [-0.1, -0.05) is 26.7 Å². The smallest absolute Gasteiger partial charge is 0.231 e. The first-order chi connectivity index (χ1) is 11.8. The van der Waals surface area contributed by atoms with E-state index in [0.29, 0.717) is 39.8 Å². The fourth-order valence-electron chi connectivity index (χ4n) is 2.53. The predicted molar refractivity (Wildman–Crippen MR) is 92.8 cm³/mol. The number of fused-ring (bicyclic) bond motifs is 1. The van der Waals surface area contributed by atoms with Crippen LogP contribution in [-0.2, 0) is 44.3 Å². The molecule has 25 heavy (non-hydrogen) atoms. The fraction of sp³-hybridized carbons (Fsp3) is 0.684. The van der Waals surface area contributed by atoms with E-state index in [1.54, 1.807) is 0 Å². The summed E-state index contributed by atoms with van der Waals surface area (Å²) in [5, 5.41) is 0. The van der Waals surface area contributed by atoms with Gasteiger partial charge in [0.2, 0.25) is 6.79 Å². The Labute approximate surface area is 161 Å². The second kappa shape index (κ2) is 13.4. The van der Waals surface area contributed by atoms with Gasteiger partial charge in [-0.05, 0) is 36.1 Å². The molecule has 1 aliphatic heterocycles. The first-order valence-corrected chi connectivity index (χ1v) is 8.99. The van der Waals surface area contributed by atoms with E-state index in [4.69, 9.17) is 23.7 Å². The van der Waals surface area contributed by atoms with Gasteiger partial charge in [0.15, 0.2) is 11.5 Å². The Bertz CT molecular complexity index is 481. The largest absolute Gasteiger partial charge is 0.454 e. The molecule has 2 rings (SSSR count). The average Bonchev–Trinajstić information content (AvgIpc) is 3.04. The van der Waals surface area contributed by atoms with Crippen LogP contribution in [0.15, 0.2) is 12.1 Å². The Morgan fingerprint density at radius 2 is 1.40 bits per heavy atom. The molecular formula is C19H30FeO5. The third kappa shape index (κ3) is 7.97. The molecule has 0 saturated heterocycles. The molecule has 6 heteroatoms. The van der Waals surface area contributed by atoms with E-state index >= 15 is 0 Å². The van der Waals surface area contributed by atoms with E-state index in [0.717, 1.165) is 43.8 Å². The Morgan fingerprint density at radius 1 is 0.800 bits per heavy atom. The quantitative estimate of drug-likeness (QED) is 0.377. The van der Waals surface area contributed by atoms with Crippen LogP contribution < -0.4 is 9.47 Å². The van der Waals surface area contributed by atoms with Gasteiger partial charge < -0.3 is 23.7 Å². The average molecular weight is 394 g/mol. The van der Waals surface area contributed by atoms with Gasteiger partial charge in [0, 0.05) is 23.7 Å². The van der Waals surface area contributed by atoms with Crippen molar-refractivity contribution in [2.24, 2.45) is 0 Å². The molecule has 0 N–H and O–H groups in total. The van der Waals surface area contributed by atoms with E-state index in [1.165, 1.54) is 11.1 Å². The molecule has 1 aromatic carbocycles. The normalized spacial score (nSPS) is 12.2. The Kier molecular flexibility index (Phi) is 12.0. The molecule has 5 nitrogen and oxygen atoms in total. The molecule has 0 aliphatic carbocycles. The first-order valence-electron chi connectivity index (χ1n) is 8.99. The van der Waals surface area contributed by atoms with Gasteiger partial charge >= 0.3 is 0 Å². The molecule has 0 amide bonds. The SMILES string of the molecule is CCCCOCCOCCOCc1cc2c(cc1CCC)OCO2.[Fe]. The second-order valence-electron chi connectivity index (χ2n) is 5.86. The number of rotatable bonds is 13. The predicted octanol–water partition coefficient (Wildman–Crippen LogP) is 3.72. The summed E-state index contributed by atoms with van der Waals surface area (Å²) in [6, 6.07) is 4.12. The van der Waals surface area contributed by atoms with Gasteiger partial charge in [0.25, 0.3) is 0 Å². The molecule has 0 fully saturated rings. The summed E-state index contributed by atoms with van der Waals surface area (Å²) in [7, 11) is 0. The van der Waals surface area contributed by atoms with Crippen LogP contribution in [0.1, 0.15) is 44.2 Å². The minimum absolute atomic E-state index is 0. The van der Waals surface area contributed by atoms with E-state index < -0.39 is 0 Å². The van der Waals surface area contributed by atoms with Crippen LogP contribution in [0.25, 0.3) is 0 Å². The van der Waals surface area contributed by atoms with Crippen LogP contribution in [0.5, 0.6) is 11.5 Å². The zero-order chi connectivity index (χ0) is 17.0. The maximum absolute atomic E-state index is 5.75. The maximum Gasteiger partial charge on any atom is 0.231 e. The van der Waals surface area contributed by atoms with Crippen LogP contribution in [0.4, 0.5) is 0 Å². The topological polar surface area (TPSA) is 46.2 Å². The summed E-state index contributed by atoms with van der Waals surface area (Å²) in [6.07, 6.45) is 4.38. The van der Waals surface area contributed by atoms with Gasteiger partial charge in [-0.25, -0.2) is 0 Å².